The molecule has 0 saturated carbocycles. The van der Waals surface area contributed by atoms with Crippen molar-refractivity contribution in [3.63, 3.8) is 0 Å². The number of rotatable bonds is 3. The zero-order valence-corrected chi connectivity index (χ0v) is 10.4. The van der Waals surface area contributed by atoms with Crippen molar-refractivity contribution < 1.29 is 9.90 Å². The summed E-state index contributed by atoms with van der Waals surface area (Å²) in [6.45, 7) is 6.35. The first kappa shape index (κ1) is 11.7. The van der Waals surface area contributed by atoms with Gasteiger partial charge in [0.1, 0.15) is 0 Å². The largest absolute Gasteiger partial charge is 0.481 e. The number of hydrogen-bond donors (Lipinski definition) is 1. The number of fused-ring (bicyclic) bond motifs is 1. The monoisotopic (exact) mass is 231 g/mol. The van der Waals surface area contributed by atoms with Crippen molar-refractivity contribution in [3.05, 3.63) is 35.5 Å². The maximum absolute atomic E-state index is 10.7. The molecule has 3 heteroatoms. The summed E-state index contributed by atoms with van der Waals surface area (Å²) in [4.78, 5) is 10.7. The smallest absolute Gasteiger partial charge is 0.307 e. The molecule has 0 radical (unpaired) electrons. The molecule has 17 heavy (non-hydrogen) atoms. The predicted octanol–water partition coefficient (Wildman–Crippen LogP) is 3.16. The summed E-state index contributed by atoms with van der Waals surface area (Å²) in [6, 6.07) is 8.39. The summed E-state index contributed by atoms with van der Waals surface area (Å²) in [5.74, 6) is -0.788. The third kappa shape index (κ3) is 2.18. The maximum atomic E-state index is 10.7. The summed E-state index contributed by atoms with van der Waals surface area (Å²) in [5.41, 5.74) is 3.18. The van der Waals surface area contributed by atoms with Gasteiger partial charge in [-0.15, -0.1) is 0 Å². The van der Waals surface area contributed by atoms with E-state index in [0.29, 0.717) is 6.04 Å². The van der Waals surface area contributed by atoms with Crippen LogP contribution in [0.5, 0.6) is 0 Å². The molecule has 1 aromatic heterocycles. The van der Waals surface area contributed by atoms with Crippen molar-refractivity contribution >= 4 is 16.9 Å². The molecular weight excluding hydrogens is 214 g/mol. The Balaban J connectivity index is 2.58. The van der Waals surface area contributed by atoms with Gasteiger partial charge in [-0.1, -0.05) is 12.1 Å². The molecule has 0 aliphatic rings. The predicted molar refractivity (Wildman–Crippen MR) is 68.4 cm³/mol. The molecule has 0 saturated heterocycles. The van der Waals surface area contributed by atoms with Gasteiger partial charge in [0.25, 0.3) is 0 Å². The zero-order chi connectivity index (χ0) is 12.6. The van der Waals surface area contributed by atoms with Gasteiger partial charge in [-0.05, 0) is 43.9 Å². The molecule has 2 rings (SSSR count). The fourth-order valence-electron chi connectivity index (χ4n) is 2.37. The molecule has 90 valence electrons. The summed E-state index contributed by atoms with van der Waals surface area (Å²) < 4.78 is 2.24. The lowest BCUT2D eigenvalue weighted by molar-refractivity contribution is -0.136. The van der Waals surface area contributed by atoms with Crippen LogP contribution in [0, 0.1) is 6.92 Å². The summed E-state index contributed by atoms with van der Waals surface area (Å²) in [5, 5.41) is 9.99. The average molecular weight is 231 g/mol. The van der Waals surface area contributed by atoms with Gasteiger partial charge in [0.05, 0.1) is 6.42 Å². The first-order valence-corrected chi connectivity index (χ1v) is 5.81. The maximum Gasteiger partial charge on any atom is 0.307 e. The Hall–Kier alpha value is -1.77. The number of carbonyl (C=O) groups is 1. The van der Waals surface area contributed by atoms with Crippen molar-refractivity contribution in [3.8, 4) is 0 Å². The van der Waals surface area contributed by atoms with E-state index >= 15 is 0 Å². The normalized spacial score (nSPS) is 11.3. The molecule has 1 aromatic carbocycles. The van der Waals surface area contributed by atoms with Gasteiger partial charge in [0, 0.05) is 17.3 Å². The quantitative estimate of drug-likeness (QED) is 0.881. The fourth-order valence-corrected chi connectivity index (χ4v) is 2.37. The second-order valence-electron chi connectivity index (χ2n) is 4.71. The third-order valence-corrected chi connectivity index (χ3v) is 2.97. The SMILES string of the molecule is Cc1cc2ccc(CC(=O)O)cc2n1C(C)C. The highest BCUT2D eigenvalue weighted by atomic mass is 16.4. The van der Waals surface area contributed by atoms with Crippen molar-refractivity contribution in [2.24, 2.45) is 0 Å². The molecule has 0 spiro atoms. The second kappa shape index (κ2) is 4.24. The van der Waals surface area contributed by atoms with Crippen LogP contribution in [0.1, 0.15) is 31.1 Å². The fraction of sp³-hybridized carbons (Fsp3) is 0.357. The number of nitrogens with zero attached hydrogens (tertiary/aromatic N) is 1. The standard InChI is InChI=1S/C14H17NO2/c1-9(2)15-10(3)6-12-5-4-11(7-13(12)15)8-14(16)17/h4-7,9H,8H2,1-3H3,(H,16,17). The molecule has 2 aromatic rings. The average Bonchev–Trinajstić information content (AvgIpc) is 2.52. The van der Waals surface area contributed by atoms with E-state index in [9.17, 15) is 4.79 Å². The van der Waals surface area contributed by atoms with E-state index in [1.807, 2.05) is 18.2 Å². The van der Waals surface area contributed by atoms with Crippen LogP contribution < -0.4 is 0 Å². The lowest BCUT2D eigenvalue weighted by Crippen LogP contribution is -2.03. The first-order chi connectivity index (χ1) is 7.99. The molecule has 1 heterocycles. The van der Waals surface area contributed by atoms with Crippen molar-refractivity contribution in [1.82, 2.24) is 4.57 Å². The van der Waals surface area contributed by atoms with Gasteiger partial charge in [-0.25, -0.2) is 0 Å². The van der Waals surface area contributed by atoms with E-state index in [-0.39, 0.29) is 6.42 Å². The summed E-state index contributed by atoms with van der Waals surface area (Å²) >= 11 is 0. The zero-order valence-electron chi connectivity index (χ0n) is 10.4. The van der Waals surface area contributed by atoms with E-state index < -0.39 is 5.97 Å². The lowest BCUT2D eigenvalue weighted by Gasteiger charge is -2.12. The van der Waals surface area contributed by atoms with Crippen LogP contribution in [-0.2, 0) is 11.2 Å². The van der Waals surface area contributed by atoms with Gasteiger partial charge >= 0.3 is 5.97 Å². The number of benzene rings is 1. The van der Waals surface area contributed by atoms with Gasteiger partial charge in [0.2, 0.25) is 0 Å². The van der Waals surface area contributed by atoms with Crippen LogP contribution >= 0.6 is 0 Å². The van der Waals surface area contributed by atoms with Crippen LogP contribution in [0.2, 0.25) is 0 Å². The van der Waals surface area contributed by atoms with Gasteiger partial charge < -0.3 is 9.67 Å². The lowest BCUT2D eigenvalue weighted by atomic mass is 10.1. The highest BCUT2D eigenvalue weighted by Crippen LogP contribution is 2.24. The van der Waals surface area contributed by atoms with E-state index in [1.54, 1.807) is 0 Å². The first-order valence-electron chi connectivity index (χ1n) is 5.81. The Bertz CT molecular complexity index is 567. The van der Waals surface area contributed by atoms with Crippen LogP contribution in [-0.4, -0.2) is 15.6 Å². The second-order valence-corrected chi connectivity index (χ2v) is 4.71. The van der Waals surface area contributed by atoms with E-state index in [4.69, 9.17) is 5.11 Å². The summed E-state index contributed by atoms with van der Waals surface area (Å²) in [6.07, 6.45) is 0.0816. The molecule has 1 N–H and O–H groups in total. The number of carboxylic acid groups (broad SMARTS) is 1. The highest BCUT2D eigenvalue weighted by molar-refractivity contribution is 5.83. The van der Waals surface area contributed by atoms with Crippen molar-refractivity contribution in [1.29, 1.82) is 0 Å². The van der Waals surface area contributed by atoms with Gasteiger partial charge in [-0.2, -0.15) is 0 Å². The number of aliphatic carboxylic acids is 1. The van der Waals surface area contributed by atoms with Gasteiger partial charge in [0.15, 0.2) is 0 Å². The highest BCUT2D eigenvalue weighted by Gasteiger charge is 2.10. The molecule has 0 amide bonds. The molecular formula is C14H17NO2. The topological polar surface area (TPSA) is 42.2 Å². The number of aromatic nitrogens is 1. The summed E-state index contributed by atoms with van der Waals surface area (Å²) in [7, 11) is 0. The number of aryl methyl sites for hydroxylation is 1. The number of hydrogen-bond acceptors (Lipinski definition) is 1. The number of carboxylic acids is 1. The van der Waals surface area contributed by atoms with Crippen molar-refractivity contribution in [2.75, 3.05) is 0 Å². The molecule has 0 aliphatic heterocycles. The molecule has 3 nitrogen and oxygen atoms in total. The Morgan fingerprint density at radius 2 is 2.06 bits per heavy atom. The van der Waals surface area contributed by atoms with Crippen LogP contribution in [0.4, 0.5) is 0 Å². The Kier molecular flexibility index (Phi) is 2.92. The van der Waals surface area contributed by atoms with Crippen LogP contribution in [0.3, 0.4) is 0 Å². The molecule has 0 atom stereocenters. The van der Waals surface area contributed by atoms with E-state index in [0.717, 1.165) is 11.1 Å². The Morgan fingerprint density at radius 3 is 2.65 bits per heavy atom. The molecule has 0 fully saturated rings. The third-order valence-electron chi connectivity index (χ3n) is 2.97. The minimum Gasteiger partial charge on any atom is -0.481 e. The Morgan fingerprint density at radius 1 is 1.35 bits per heavy atom. The van der Waals surface area contributed by atoms with Crippen molar-refractivity contribution in [2.45, 2.75) is 33.2 Å². The van der Waals surface area contributed by atoms with Gasteiger partial charge in [-0.3, -0.25) is 4.79 Å². The minimum absolute atomic E-state index is 0.0816. The van der Waals surface area contributed by atoms with E-state index in [1.165, 1.54) is 11.1 Å². The van der Waals surface area contributed by atoms with Crippen LogP contribution in [0.25, 0.3) is 10.9 Å². The minimum atomic E-state index is -0.788. The molecule has 0 bridgehead atoms. The van der Waals surface area contributed by atoms with E-state index in [2.05, 4.69) is 31.4 Å². The Labute approximate surface area is 101 Å². The molecule has 0 unspecified atom stereocenters. The molecule has 0 aliphatic carbocycles. The van der Waals surface area contributed by atoms with Crippen LogP contribution in [0.15, 0.2) is 24.3 Å².